The molecule has 0 amide bonds. The molecular weight excluding hydrogens is 333 g/mol. The van der Waals surface area contributed by atoms with E-state index in [2.05, 4.69) is 32.5 Å². The molecule has 2 aromatic carbocycles. The SMILES string of the molecule is C=C(C)C(CCS(=O)c1ccccc1)C(=P)N(C)c1ccccc1. The first-order chi connectivity index (χ1) is 11.5. The van der Waals surface area contributed by atoms with Gasteiger partial charge in [0.1, 0.15) is 0 Å². The molecule has 2 aromatic rings. The van der Waals surface area contributed by atoms with Gasteiger partial charge in [0, 0.05) is 34.7 Å². The topological polar surface area (TPSA) is 20.3 Å². The third-order valence-corrected chi connectivity index (χ3v) is 6.12. The molecule has 0 radical (unpaired) electrons. The van der Waals surface area contributed by atoms with Crippen LogP contribution in [-0.4, -0.2) is 22.4 Å². The molecule has 0 aliphatic rings. The molecule has 126 valence electrons. The Labute approximate surface area is 149 Å². The molecule has 0 N–H and O–H groups in total. The van der Waals surface area contributed by atoms with Gasteiger partial charge in [-0.25, -0.2) is 0 Å². The Balaban J connectivity index is 2.05. The summed E-state index contributed by atoms with van der Waals surface area (Å²) < 4.78 is 12.5. The predicted octanol–water partition coefficient (Wildman–Crippen LogP) is 4.79. The summed E-state index contributed by atoms with van der Waals surface area (Å²) in [4.78, 5) is 2.99. The average molecular weight is 357 g/mol. The summed E-state index contributed by atoms with van der Waals surface area (Å²) in [7, 11) is 4.84. The number of hydrogen-bond donors (Lipinski definition) is 0. The molecule has 0 fully saturated rings. The van der Waals surface area contributed by atoms with Crippen LogP contribution in [0.4, 0.5) is 5.69 Å². The highest BCUT2D eigenvalue weighted by Gasteiger charge is 2.19. The minimum absolute atomic E-state index is 0.138. The summed E-state index contributed by atoms with van der Waals surface area (Å²) in [6.07, 6.45) is 0.785. The van der Waals surface area contributed by atoms with Crippen LogP contribution in [0.25, 0.3) is 0 Å². The standard InChI is InChI=1S/C20H24NOPS/c1-16(2)19(14-15-24(22)18-12-8-5-9-13-18)20(23)21(3)17-10-6-4-7-11-17/h4-13,19,23H,1,14-15H2,2-3H3. The van der Waals surface area contributed by atoms with Gasteiger partial charge in [0.2, 0.25) is 0 Å². The van der Waals surface area contributed by atoms with Crippen LogP contribution < -0.4 is 4.90 Å². The van der Waals surface area contributed by atoms with Crippen LogP contribution in [-0.2, 0) is 10.8 Å². The van der Waals surface area contributed by atoms with Crippen molar-refractivity contribution in [3.63, 3.8) is 0 Å². The smallest absolute Gasteiger partial charge is 0.0529 e. The summed E-state index contributed by atoms with van der Waals surface area (Å²) in [6.45, 7) is 6.15. The van der Waals surface area contributed by atoms with E-state index in [4.69, 9.17) is 0 Å². The van der Waals surface area contributed by atoms with Gasteiger partial charge in [-0.1, -0.05) is 57.4 Å². The van der Waals surface area contributed by atoms with Crippen LogP contribution in [0.5, 0.6) is 0 Å². The maximum absolute atomic E-state index is 12.5. The van der Waals surface area contributed by atoms with Gasteiger partial charge in [-0.15, -0.1) is 0 Å². The third-order valence-electron chi connectivity index (χ3n) is 4.03. The second-order valence-corrected chi connectivity index (χ2v) is 7.91. The predicted molar refractivity (Wildman–Crippen MR) is 109 cm³/mol. The van der Waals surface area contributed by atoms with E-state index in [1.807, 2.05) is 62.5 Å². The van der Waals surface area contributed by atoms with Gasteiger partial charge < -0.3 is 4.90 Å². The van der Waals surface area contributed by atoms with Gasteiger partial charge in [0.25, 0.3) is 0 Å². The van der Waals surface area contributed by atoms with Crippen molar-refractivity contribution >= 4 is 30.8 Å². The molecular formula is C20H24NOPS. The lowest BCUT2D eigenvalue weighted by molar-refractivity contribution is 0.675. The zero-order valence-electron chi connectivity index (χ0n) is 14.2. The van der Waals surface area contributed by atoms with Crippen molar-refractivity contribution in [2.75, 3.05) is 17.7 Å². The van der Waals surface area contributed by atoms with Crippen molar-refractivity contribution in [3.05, 3.63) is 72.8 Å². The van der Waals surface area contributed by atoms with Crippen LogP contribution in [0.3, 0.4) is 0 Å². The van der Waals surface area contributed by atoms with Gasteiger partial charge >= 0.3 is 0 Å². The molecule has 2 nitrogen and oxygen atoms in total. The van der Waals surface area contributed by atoms with E-state index in [0.717, 1.165) is 28.0 Å². The van der Waals surface area contributed by atoms with E-state index in [1.165, 1.54) is 0 Å². The van der Waals surface area contributed by atoms with Crippen LogP contribution in [0.15, 0.2) is 77.7 Å². The summed E-state index contributed by atoms with van der Waals surface area (Å²) >= 11 is 0. The molecule has 0 aliphatic carbocycles. The number of para-hydroxylation sites is 1. The maximum Gasteiger partial charge on any atom is 0.0529 e. The number of rotatable bonds is 8. The molecule has 0 saturated carbocycles. The minimum Gasteiger partial charge on any atom is -0.344 e. The zero-order chi connectivity index (χ0) is 17.5. The van der Waals surface area contributed by atoms with Crippen molar-refractivity contribution in [1.82, 2.24) is 0 Å². The quantitative estimate of drug-likeness (QED) is 0.500. The summed E-state index contributed by atoms with van der Waals surface area (Å²) in [5.41, 5.74) is 3.21. The van der Waals surface area contributed by atoms with Gasteiger partial charge in [-0.2, -0.15) is 0 Å². The Kier molecular flexibility index (Phi) is 6.96. The second-order valence-electron chi connectivity index (χ2n) is 5.83. The van der Waals surface area contributed by atoms with Crippen molar-refractivity contribution < 1.29 is 4.21 Å². The normalized spacial score (nSPS) is 13.1. The lowest BCUT2D eigenvalue weighted by atomic mass is 9.98. The fraction of sp³-hybridized carbons (Fsp3) is 0.250. The highest BCUT2D eigenvalue weighted by Crippen LogP contribution is 2.23. The molecule has 0 spiro atoms. The van der Waals surface area contributed by atoms with Gasteiger partial charge in [0.15, 0.2) is 0 Å². The molecule has 0 bridgehead atoms. The highest BCUT2D eigenvalue weighted by molar-refractivity contribution is 7.85. The largest absolute Gasteiger partial charge is 0.344 e. The van der Waals surface area contributed by atoms with Crippen molar-refractivity contribution in [3.8, 4) is 0 Å². The lowest BCUT2D eigenvalue weighted by Crippen LogP contribution is -2.32. The summed E-state index contributed by atoms with van der Waals surface area (Å²) in [5.74, 6) is 0.748. The number of anilines is 1. The number of nitrogens with zero attached hydrogens (tertiary/aromatic N) is 1. The molecule has 0 saturated heterocycles. The van der Waals surface area contributed by atoms with E-state index in [9.17, 15) is 4.21 Å². The molecule has 0 aromatic heterocycles. The Morgan fingerprint density at radius 3 is 2.21 bits per heavy atom. The number of benzene rings is 2. The van der Waals surface area contributed by atoms with Gasteiger partial charge in [-0.3, -0.25) is 4.21 Å². The monoisotopic (exact) mass is 357 g/mol. The highest BCUT2D eigenvalue weighted by atomic mass is 32.2. The zero-order valence-corrected chi connectivity index (χ0v) is 16.1. The fourth-order valence-corrected chi connectivity index (χ4v) is 4.22. The summed E-state index contributed by atoms with van der Waals surface area (Å²) in [6, 6.07) is 19.8. The van der Waals surface area contributed by atoms with Gasteiger partial charge in [0.05, 0.1) is 10.8 Å². The Bertz CT molecular complexity index is 715. The van der Waals surface area contributed by atoms with Crippen LogP contribution >= 0.6 is 8.86 Å². The Hall–Kier alpha value is -1.70. The third kappa shape index (κ3) is 4.90. The lowest BCUT2D eigenvalue weighted by Gasteiger charge is -2.28. The first-order valence-corrected chi connectivity index (χ1v) is 9.78. The van der Waals surface area contributed by atoms with Crippen LogP contribution in [0, 0.1) is 5.92 Å². The molecule has 24 heavy (non-hydrogen) atoms. The first-order valence-electron chi connectivity index (χ1n) is 7.96. The molecule has 2 rings (SSSR count). The maximum atomic E-state index is 12.5. The fourth-order valence-electron chi connectivity index (χ4n) is 2.56. The second kappa shape index (κ2) is 8.96. The summed E-state index contributed by atoms with van der Waals surface area (Å²) in [5, 5.41) is 0. The minimum atomic E-state index is -0.989. The molecule has 2 unspecified atom stereocenters. The molecule has 0 aliphatic heterocycles. The Morgan fingerprint density at radius 1 is 1.12 bits per heavy atom. The van der Waals surface area contributed by atoms with E-state index < -0.39 is 10.8 Å². The van der Waals surface area contributed by atoms with Crippen molar-refractivity contribution in [2.45, 2.75) is 18.2 Å². The number of hydrogen-bond acceptors (Lipinski definition) is 1. The van der Waals surface area contributed by atoms with Crippen molar-refractivity contribution in [2.24, 2.45) is 5.92 Å². The van der Waals surface area contributed by atoms with Gasteiger partial charge in [-0.05, 0) is 37.6 Å². The first kappa shape index (κ1) is 18.6. The Morgan fingerprint density at radius 2 is 1.67 bits per heavy atom. The molecule has 0 heterocycles. The van der Waals surface area contributed by atoms with E-state index in [-0.39, 0.29) is 5.92 Å². The molecule has 4 heteroatoms. The average Bonchev–Trinajstić information content (AvgIpc) is 2.62. The molecule has 2 atom stereocenters. The van der Waals surface area contributed by atoms with E-state index in [0.29, 0.717) is 5.75 Å². The van der Waals surface area contributed by atoms with E-state index in [1.54, 1.807) is 0 Å². The van der Waals surface area contributed by atoms with Crippen molar-refractivity contribution in [1.29, 1.82) is 0 Å². The van der Waals surface area contributed by atoms with Crippen LogP contribution in [0.1, 0.15) is 13.3 Å². The van der Waals surface area contributed by atoms with E-state index >= 15 is 0 Å². The van der Waals surface area contributed by atoms with Crippen LogP contribution in [0.2, 0.25) is 0 Å².